The summed E-state index contributed by atoms with van der Waals surface area (Å²) in [4.78, 5) is 30.8. The fraction of sp³-hybridized carbons (Fsp3) is 0.286. The maximum Gasteiger partial charge on any atom is 0.419 e. The lowest BCUT2D eigenvalue weighted by Crippen LogP contribution is -2.55. The topological polar surface area (TPSA) is 103 Å². The highest BCUT2D eigenvalue weighted by Crippen LogP contribution is 2.49. The Kier molecular flexibility index (Phi) is 5.12. The van der Waals surface area contributed by atoms with E-state index in [0.29, 0.717) is 25.3 Å². The van der Waals surface area contributed by atoms with Crippen LogP contribution >= 0.6 is 12.2 Å². The van der Waals surface area contributed by atoms with Gasteiger partial charge in [-0.1, -0.05) is 0 Å². The Morgan fingerprint density at radius 1 is 1.33 bits per heavy atom. The summed E-state index contributed by atoms with van der Waals surface area (Å²) in [5.41, 5.74) is 1.50. The number of anilines is 2. The summed E-state index contributed by atoms with van der Waals surface area (Å²) in [5, 5.41) is 8.83. The minimum atomic E-state index is -4.88. The van der Waals surface area contributed by atoms with Crippen LogP contribution in [0.15, 0.2) is 24.4 Å². The smallest absolute Gasteiger partial charge is 0.366 e. The molecule has 1 saturated carbocycles. The number of pyridine rings is 1. The van der Waals surface area contributed by atoms with E-state index in [1.54, 1.807) is 0 Å². The maximum atomic E-state index is 14.8. The van der Waals surface area contributed by atoms with E-state index < -0.39 is 40.6 Å². The lowest BCUT2D eigenvalue weighted by molar-refractivity contribution is -0.138. The highest BCUT2D eigenvalue weighted by atomic mass is 32.1. The Labute approximate surface area is 190 Å². The molecule has 1 saturated heterocycles. The van der Waals surface area contributed by atoms with Crippen molar-refractivity contribution in [1.29, 1.82) is 5.26 Å². The van der Waals surface area contributed by atoms with Crippen LogP contribution in [-0.4, -0.2) is 27.4 Å². The van der Waals surface area contributed by atoms with Crippen LogP contribution in [0.5, 0.6) is 0 Å². The van der Waals surface area contributed by atoms with Gasteiger partial charge in [-0.25, -0.2) is 9.37 Å². The summed E-state index contributed by atoms with van der Waals surface area (Å²) in [5.74, 6) is -2.41. The first kappa shape index (κ1) is 22.6. The van der Waals surface area contributed by atoms with Crippen molar-refractivity contribution in [2.24, 2.45) is 5.73 Å². The van der Waals surface area contributed by atoms with Crippen molar-refractivity contribution in [3.05, 3.63) is 52.6 Å². The molecule has 1 spiro atoms. The van der Waals surface area contributed by atoms with Gasteiger partial charge < -0.3 is 10.6 Å². The van der Waals surface area contributed by atoms with Gasteiger partial charge in [-0.15, -0.1) is 0 Å². The average molecular weight is 477 g/mol. The predicted octanol–water partition coefficient (Wildman–Crippen LogP) is 3.58. The average Bonchev–Trinajstić information content (AvgIpc) is 2.95. The third-order valence-electron chi connectivity index (χ3n) is 6.00. The van der Waals surface area contributed by atoms with E-state index in [1.165, 1.54) is 30.0 Å². The van der Waals surface area contributed by atoms with Gasteiger partial charge >= 0.3 is 6.18 Å². The van der Waals surface area contributed by atoms with Crippen LogP contribution < -0.4 is 15.5 Å². The number of benzene rings is 1. The van der Waals surface area contributed by atoms with Gasteiger partial charge in [0.05, 0.1) is 28.7 Å². The standard InChI is InChI=1S/C21H15F4N5O2S/c1-10-15(4-3-12(16(10)22)17(27)31)30-19(33)29(18(32)20(30)5-2-6-20)11-7-13(21(23,24)25)14(8-26)28-9-11/h3-4,7,9H,2,5-6H2,1H3,(H2,27,31). The van der Waals surface area contributed by atoms with Gasteiger partial charge in [0, 0.05) is 5.56 Å². The third-order valence-corrected chi connectivity index (χ3v) is 6.36. The number of carbonyl (C=O) groups excluding carboxylic acids is 2. The van der Waals surface area contributed by atoms with Gasteiger partial charge in [-0.3, -0.25) is 14.5 Å². The largest absolute Gasteiger partial charge is 0.419 e. The van der Waals surface area contributed by atoms with Gasteiger partial charge in [0.15, 0.2) is 10.8 Å². The minimum absolute atomic E-state index is 0.0171. The normalized spacial score (nSPS) is 17.3. The third kappa shape index (κ3) is 3.22. The molecule has 2 aromatic rings. The van der Waals surface area contributed by atoms with E-state index in [4.69, 9.17) is 23.2 Å². The summed E-state index contributed by atoms with van der Waals surface area (Å²) in [6.07, 6.45) is -2.57. The molecule has 0 radical (unpaired) electrons. The number of aromatic nitrogens is 1. The molecule has 1 aromatic heterocycles. The molecule has 2 heterocycles. The molecule has 0 unspecified atom stereocenters. The first-order valence-corrected chi connectivity index (χ1v) is 10.1. The van der Waals surface area contributed by atoms with Gasteiger partial charge in [0.25, 0.3) is 11.8 Å². The van der Waals surface area contributed by atoms with Crippen LogP contribution in [-0.2, 0) is 11.0 Å². The van der Waals surface area contributed by atoms with Crippen LogP contribution in [0.2, 0.25) is 0 Å². The molecule has 33 heavy (non-hydrogen) atoms. The number of amides is 2. The van der Waals surface area contributed by atoms with Crippen molar-refractivity contribution < 1.29 is 27.2 Å². The van der Waals surface area contributed by atoms with Crippen LogP contribution in [0.4, 0.5) is 28.9 Å². The first-order valence-electron chi connectivity index (χ1n) is 9.69. The Hall–Kier alpha value is -3.59. The zero-order chi connectivity index (χ0) is 24.3. The second-order valence-electron chi connectivity index (χ2n) is 7.78. The summed E-state index contributed by atoms with van der Waals surface area (Å²) in [7, 11) is 0. The second kappa shape index (κ2) is 7.48. The summed E-state index contributed by atoms with van der Waals surface area (Å²) >= 11 is 5.48. The van der Waals surface area contributed by atoms with Crippen LogP contribution in [0.1, 0.15) is 46.4 Å². The molecule has 12 heteroatoms. The van der Waals surface area contributed by atoms with Crippen LogP contribution in [0.3, 0.4) is 0 Å². The Morgan fingerprint density at radius 3 is 2.52 bits per heavy atom. The summed E-state index contributed by atoms with van der Waals surface area (Å²) in [6, 6.07) is 4.61. The number of thiocarbonyl (C=S) groups is 1. The van der Waals surface area contributed by atoms with E-state index in [9.17, 15) is 27.2 Å². The molecule has 2 fully saturated rings. The molecule has 2 amide bonds. The van der Waals surface area contributed by atoms with E-state index in [0.717, 1.165) is 11.1 Å². The van der Waals surface area contributed by atoms with Crippen LogP contribution in [0.25, 0.3) is 0 Å². The molecule has 1 aliphatic carbocycles. The first-order chi connectivity index (χ1) is 15.4. The number of halogens is 4. The Morgan fingerprint density at radius 2 is 2.00 bits per heavy atom. The van der Waals surface area contributed by atoms with E-state index in [-0.39, 0.29) is 27.6 Å². The van der Waals surface area contributed by atoms with Gasteiger partial charge in [0.1, 0.15) is 17.4 Å². The molecular weight excluding hydrogens is 462 g/mol. The fourth-order valence-corrected chi connectivity index (χ4v) is 4.63. The molecule has 2 N–H and O–H groups in total. The Bertz CT molecular complexity index is 1270. The molecule has 7 nitrogen and oxygen atoms in total. The van der Waals surface area contributed by atoms with Crippen molar-refractivity contribution in [2.75, 3.05) is 9.80 Å². The van der Waals surface area contributed by atoms with E-state index in [1.807, 2.05) is 0 Å². The van der Waals surface area contributed by atoms with E-state index in [2.05, 4.69) is 4.98 Å². The minimum Gasteiger partial charge on any atom is -0.366 e. The van der Waals surface area contributed by atoms with Gasteiger partial charge in [-0.05, 0) is 56.6 Å². The van der Waals surface area contributed by atoms with Crippen molar-refractivity contribution >= 4 is 40.5 Å². The number of hydrogen-bond donors (Lipinski definition) is 1. The van der Waals surface area contributed by atoms with Crippen molar-refractivity contribution in [3.63, 3.8) is 0 Å². The van der Waals surface area contributed by atoms with Gasteiger partial charge in [0.2, 0.25) is 0 Å². The second-order valence-corrected chi connectivity index (χ2v) is 8.14. The number of nitrogens with two attached hydrogens (primary N) is 1. The van der Waals surface area contributed by atoms with Crippen molar-refractivity contribution in [1.82, 2.24) is 4.98 Å². The molecule has 1 aliphatic heterocycles. The molecule has 0 atom stereocenters. The molecular formula is C21H15F4N5O2S. The number of carbonyl (C=O) groups is 2. The highest BCUT2D eigenvalue weighted by Gasteiger charge is 2.60. The lowest BCUT2D eigenvalue weighted by Gasteiger charge is -2.43. The zero-order valence-electron chi connectivity index (χ0n) is 17.0. The van der Waals surface area contributed by atoms with E-state index >= 15 is 0 Å². The molecule has 0 bridgehead atoms. The predicted molar refractivity (Wildman–Crippen MR) is 113 cm³/mol. The number of rotatable bonds is 3. The SMILES string of the molecule is Cc1c(N2C(=S)N(c3cnc(C#N)c(C(F)(F)F)c3)C(=O)C23CCC3)ccc(C(N)=O)c1F. The molecule has 170 valence electrons. The highest BCUT2D eigenvalue weighted by molar-refractivity contribution is 7.81. The Balaban J connectivity index is 1.86. The summed E-state index contributed by atoms with van der Waals surface area (Å²) < 4.78 is 55.2. The number of nitrogens with zero attached hydrogens (tertiary/aromatic N) is 4. The number of nitriles is 1. The number of alkyl halides is 3. The molecule has 4 rings (SSSR count). The number of hydrogen-bond acceptors (Lipinski definition) is 5. The summed E-state index contributed by atoms with van der Waals surface area (Å²) in [6.45, 7) is 1.39. The molecule has 1 aromatic carbocycles. The lowest BCUT2D eigenvalue weighted by atomic mass is 9.75. The quantitative estimate of drug-likeness (QED) is 0.536. The van der Waals surface area contributed by atoms with Crippen molar-refractivity contribution in [2.45, 2.75) is 37.9 Å². The number of primary amides is 1. The van der Waals surface area contributed by atoms with Crippen LogP contribution in [0, 0.1) is 24.1 Å². The van der Waals surface area contributed by atoms with Gasteiger partial charge in [-0.2, -0.15) is 18.4 Å². The monoisotopic (exact) mass is 477 g/mol. The fourth-order valence-electron chi connectivity index (χ4n) is 4.17. The van der Waals surface area contributed by atoms with Crippen molar-refractivity contribution in [3.8, 4) is 6.07 Å². The zero-order valence-corrected chi connectivity index (χ0v) is 17.9. The maximum absolute atomic E-state index is 14.8. The molecule has 2 aliphatic rings.